The first kappa shape index (κ1) is 22.0. The highest BCUT2D eigenvalue weighted by atomic mass is 19.1. The molecule has 5 nitrogen and oxygen atoms in total. The number of carbonyl (C=O) groups is 1. The summed E-state index contributed by atoms with van der Waals surface area (Å²) >= 11 is 0. The summed E-state index contributed by atoms with van der Waals surface area (Å²) in [5.41, 5.74) is 1.01. The number of carbonyl (C=O) groups excluding carboxylic acids is 1. The van der Waals surface area contributed by atoms with Gasteiger partial charge in [-0.1, -0.05) is 20.8 Å². The van der Waals surface area contributed by atoms with Gasteiger partial charge in [-0.3, -0.25) is 0 Å². The van der Waals surface area contributed by atoms with Crippen molar-refractivity contribution >= 4 is 6.09 Å². The molecule has 3 atom stereocenters. The molecule has 32 heavy (non-hydrogen) atoms. The summed E-state index contributed by atoms with van der Waals surface area (Å²) in [5, 5.41) is 0. The molecule has 3 heterocycles. The Morgan fingerprint density at radius 1 is 1.22 bits per heavy atom. The summed E-state index contributed by atoms with van der Waals surface area (Å²) in [6.07, 6.45) is 6.38. The normalized spacial score (nSPS) is 29.5. The molecule has 2 saturated heterocycles. The second-order valence-electron chi connectivity index (χ2n) is 11.6. The number of benzene rings is 1. The Labute approximate surface area is 191 Å². The van der Waals surface area contributed by atoms with Gasteiger partial charge in [0.25, 0.3) is 0 Å². The molecule has 6 heteroatoms. The van der Waals surface area contributed by atoms with Crippen LogP contribution in [0, 0.1) is 17.2 Å². The average Bonchev–Trinajstić information content (AvgIpc) is 3.34. The van der Waals surface area contributed by atoms with Crippen molar-refractivity contribution < 1.29 is 18.7 Å². The molecular weight excluding hydrogens is 407 g/mol. The van der Waals surface area contributed by atoms with E-state index in [2.05, 4.69) is 25.7 Å². The van der Waals surface area contributed by atoms with Gasteiger partial charge in [-0.05, 0) is 81.1 Å². The van der Waals surface area contributed by atoms with Gasteiger partial charge in [-0.2, -0.15) is 0 Å². The van der Waals surface area contributed by atoms with Gasteiger partial charge in [0, 0.05) is 29.6 Å². The van der Waals surface area contributed by atoms with Gasteiger partial charge < -0.3 is 19.3 Å². The Kier molecular flexibility index (Phi) is 5.63. The van der Waals surface area contributed by atoms with E-state index in [1.54, 1.807) is 12.1 Å². The predicted octanol–water partition coefficient (Wildman–Crippen LogP) is 4.98. The van der Waals surface area contributed by atoms with Crippen LogP contribution in [0.5, 0.6) is 5.75 Å². The number of rotatable bonds is 2. The third-order valence-corrected chi connectivity index (χ3v) is 8.16. The minimum atomic E-state index is -0.172. The van der Waals surface area contributed by atoms with Crippen molar-refractivity contribution in [1.82, 2.24) is 9.80 Å². The second kappa shape index (κ2) is 8.19. The van der Waals surface area contributed by atoms with Crippen molar-refractivity contribution in [3.05, 3.63) is 29.6 Å². The number of piperidine rings is 2. The lowest BCUT2D eigenvalue weighted by Crippen LogP contribution is -2.48. The van der Waals surface area contributed by atoms with Crippen LogP contribution < -0.4 is 4.74 Å². The lowest BCUT2D eigenvalue weighted by Gasteiger charge is -2.41. The van der Waals surface area contributed by atoms with Crippen molar-refractivity contribution in [2.75, 3.05) is 32.8 Å². The van der Waals surface area contributed by atoms with Crippen LogP contribution in [0.3, 0.4) is 0 Å². The molecule has 1 aliphatic carbocycles. The quantitative estimate of drug-likeness (QED) is 0.645. The van der Waals surface area contributed by atoms with Crippen LogP contribution in [0.2, 0.25) is 0 Å². The third kappa shape index (κ3) is 4.11. The first-order chi connectivity index (χ1) is 15.2. The molecule has 5 rings (SSSR count). The van der Waals surface area contributed by atoms with E-state index in [1.807, 2.05) is 4.90 Å². The lowest BCUT2D eigenvalue weighted by atomic mass is 9.74. The van der Waals surface area contributed by atoms with E-state index < -0.39 is 0 Å². The molecule has 1 amide bonds. The summed E-state index contributed by atoms with van der Waals surface area (Å²) in [6, 6.07) is 5.78. The van der Waals surface area contributed by atoms with Gasteiger partial charge in [-0.25, -0.2) is 9.18 Å². The Morgan fingerprint density at radius 2 is 2.00 bits per heavy atom. The summed E-state index contributed by atoms with van der Waals surface area (Å²) in [5.74, 6) is 1.27. The van der Waals surface area contributed by atoms with Crippen LogP contribution in [0.4, 0.5) is 9.18 Å². The topological polar surface area (TPSA) is 42.0 Å². The van der Waals surface area contributed by atoms with Gasteiger partial charge in [0.05, 0.1) is 13.2 Å². The van der Waals surface area contributed by atoms with Crippen molar-refractivity contribution in [2.24, 2.45) is 11.3 Å². The zero-order valence-electron chi connectivity index (χ0n) is 19.7. The van der Waals surface area contributed by atoms with Crippen LogP contribution >= 0.6 is 0 Å². The first-order valence-corrected chi connectivity index (χ1v) is 12.3. The largest absolute Gasteiger partial charge is 0.492 e. The fourth-order valence-electron chi connectivity index (χ4n) is 6.41. The predicted molar refractivity (Wildman–Crippen MR) is 121 cm³/mol. The maximum absolute atomic E-state index is 13.9. The van der Waals surface area contributed by atoms with Gasteiger partial charge >= 0.3 is 6.09 Å². The van der Waals surface area contributed by atoms with Crippen molar-refractivity contribution in [2.45, 2.75) is 76.8 Å². The van der Waals surface area contributed by atoms with Gasteiger partial charge in [0.2, 0.25) is 0 Å². The summed E-state index contributed by atoms with van der Waals surface area (Å²) < 4.78 is 25.5. The maximum atomic E-state index is 13.9. The van der Waals surface area contributed by atoms with E-state index >= 15 is 0 Å². The number of hydrogen-bond donors (Lipinski definition) is 0. The second-order valence-corrected chi connectivity index (χ2v) is 11.6. The van der Waals surface area contributed by atoms with Gasteiger partial charge in [-0.15, -0.1) is 0 Å². The van der Waals surface area contributed by atoms with E-state index in [0.717, 1.165) is 56.6 Å². The molecule has 1 aromatic rings. The van der Waals surface area contributed by atoms with Crippen LogP contribution in [0.1, 0.15) is 64.9 Å². The highest BCUT2D eigenvalue weighted by Gasteiger charge is 2.48. The molecule has 4 aliphatic rings. The number of nitrogens with zero attached hydrogens (tertiary/aromatic N) is 2. The van der Waals surface area contributed by atoms with Crippen LogP contribution in [0.15, 0.2) is 18.2 Å². The first-order valence-electron chi connectivity index (χ1n) is 12.3. The molecule has 176 valence electrons. The highest BCUT2D eigenvalue weighted by Crippen LogP contribution is 2.47. The van der Waals surface area contributed by atoms with Crippen molar-refractivity contribution in [1.29, 1.82) is 0 Å². The van der Waals surface area contributed by atoms with E-state index in [-0.39, 0.29) is 22.7 Å². The molecular formula is C26H37FN2O3. The zero-order valence-corrected chi connectivity index (χ0v) is 19.7. The molecule has 0 N–H and O–H groups in total. The summed E-state index contributed by atoms with van der Waals surface area (Å²) in [6.45, 7) is 10.3. The third-order valence-electron chi connectivity index (χ3n) is 8.16. The van der Waals surface area contributed by atoms with Crippen molar-refractivity contribution in [3.63, 3.8) is 0 Å². The Hall–Kier alpha value is -1.82. The van der Waals surface area contributed by atoms with Crippen LogP contribution in [0.25, 0.3) is 0 Å². The molecule has 1 saturated carbocycles. The molecule has 1 aromatic carbocycles. The number of amides is 1. The monoisotopic (exact) mass is 444 g/mol. The molecule has 0 aromatic heterocycles. The number of likely N-dealkylation sites (tertiary alicyclic amines) is 2. The van der Waals surface area contributed by atoms with Crippen LogP contribution in [-0.4, -0.2) is 60.8 Å². The Bertz CT molecular complexity index is 859. The van der Waals surface area contributed by atoms with E-state index in [0.29, 0.717) is 31.2 Å². The molecule has 0 radical (unpaired) electrons. The number of fused-ring (bicyclic) bond motifs is 3. The van der Waals surface area contributed by atoms with E-state index in [1.165, 1.54) is 18.9 Å². The van der Waals surface area contributed by atoms with Crippen molar-refractivity contribution in [3.8, 4) is 5.75 Å². The van der Waals surface area contributed by atoms with E-state index in [4.69, 9.17) is 9.47 Å². The van der Waals surface area contributed by atoms with Crippen LogP contribution in [-0.2, 0) is 10.2 Å². The number of halogens is 1. The highest BCUT2D eigenvalue weighted by molar-refractivity contribution is 5.68. The molecule has 3 aliphatic heterocycles. The average molecular weight is 445 g/mol. The zero-order chi connectivity index (χ0) is 22.5. The molecule has 3 unspecified atom stereocenters. The smallest absolute Gasteiger partial charge is 0.410 e. The van der Waals surface area contributed by atoms with E-state index in [9.17, 15) is 9.18 Å². The minimum absolute atomic E-state index is 0.0156. The molecule has 1 spiro atoms. The Balaban J connectivity index is 1.21. The summed E-state index contributed by atoms with van der Waals surface area (Å²) in [7, 11) is 0. The fraction of sp³-hybridized carbons (Fsp3) is 0.731. The fourth-order valence-corrected chi connectivity index (χ4v) is 6.41. The minimum Gasteiger partial charge on any atom is -0.492 e. The summed E-state index contributed by atoms with van der Waals surface area (Å²) in [4.78, 5) is 17.5. The van der Waals surface area contributed by atoms with Gasteiger partial charge in [0.15, 0.2) is 0 Å². The molecule has 3 fully saturated rings. The SMILES string of the molecule is CC(C)(C)COC(=O)N1CCCC2CC(N3CCC4(CC3)COc3ccc(F)cc34)CC21. The van der Waals surface area contributed by atoms with Gasteiger partial charge in [0.1, 0.15) is 11.6 Å². The maximum Gasteiger partial charge on any atom is 0.410 e. The standard InChI is InChI=1S/C26H37FN2O3/c1-25(2,3)16-32-24(30)29-10-4-5-18-13-20(15-22(18)29)28-11-8-26(9-12-28)17-31-23-7-6-19(27)14-21(23)26/h6-7,14,18,20,22H,4-5,8-13,15-17H2,1-3H3. The Morgan fingerprint density at radius 3 is 2.75 bits per heavy atom. The lowest BCUT2D eigenvalue weighted by molar-refractivity contribution is 0.0411. The number of ether oxygens (including phenoxy) is 2. The molecule has 0 bridgehead atoms. The number of hydrogen-bond acceptors (Lipinski definition) is 4.